The van der Waals surface area contributed by atoms with Crippen molar-refractivity contribution in [3.05, 3.63) is 24.0 Å². The zero-order chi connectivity index (χ0) is 13.0. The van der Waals surface area contributed by atoms with E-state index in [4.69, 9.17) is 0 Å². The Morgan fingerprint density at radius 2 is 2.44 bits per heavy atom. The molecule has 2 rings (SSSR count). The molecule has 0 aliphatic carbocycles. The molecule has 0 aromatic carbocycles. The molecule has 1 aliphatic heterocycles. The van der Waals surface area contributed by atoms with E-state index in [1.807, 2.05) is 31.1 Å². The Morgan fingerprint density at radius 1 is 1.61 bits per heavy atom. The number of likely N-dealkylation sites (N-methyl/N-ethyl adjacent to an activating group) is 1. The highest BCUT2D eigenvalue weighted by molar-refractivity contribution is 5.91. The molecular formula is C13H20N4O. The lowest BCUT2D eigenvalue weighted by Crippen LogP contribution is -2.46. The number of carbonyl (C=O) groups is 1. The van der Waals surface area contributed by atoms with Crippen LogP contribution in [0.1, 0.15) is 18.5 Å². The number of hydrogen-bond acceptors (Lipinski definition) is 3. The minimum Gasteiger partial charge on any atom is -0.338 e. The summed E-state index contributed by atoms with van der Waals surface area (Å²) in [5.41, 5.74) is 0.936. The third-order valence-electron chi connectivity index (χ3n) is 3.40. The van der Waals surface area contributed by atoms with Gasteiger partial charge in [-0.2, -0.15) is 5.10 Å². The molecule has 5 nitrogen and oxygen atoms in total. The van der Waals surface area contributed by atoms with Gasteiger partial charge in [-0.25, -0.2) is 0 Å². The molecule has 0 radical (unpaired) electrons. The van der Waals surface area contributed by atoms with Crippen LogP contribution >= 0.6 is 0 Å². The van der Waals surface area contributed by atoms with Gasteiger partial charge in [0, 0.05) is 38.5 Å². The van der Waals surface area contributed by atoms with Gasteiger partial charge < -0.3 is 10.2 Å². The van der Waals surface area contributed by atoms with E-state index in [9.17, 15) is 4.79 Å². The summed E-state index contributed by atoms with van der Waals surface area (Å²) in [6.07, 6.45) is 7.39. The summed E-state index contributed by atoms with van der Waals surface area (Å²) in [5, 5.41) is 7.30. The maximum Gasteiger partial charge on any atom is 0.246 e. The predicted octanol–water partition coefficient (Wildman–Crippen LogP) is 0.644. The molecule has 1 atom stereocenters. The average Bonchev–Trinajstić information content (AvgIpc) is 2.81. The summed E-state index contributed by atoms with van der Waals surface area (Å²) >= 11 is 0. The lowest BCUT2D eigenvalue weighted by molar-refractivity contribution is -0.127. The van der Waals surface area contributed by atoms with Crippen molar-refractivity contribution in [1.29, 1.82) is 0 Å². The second kappa shape index (κ2) is 5.82. The Morgan fingerprint density at radius 3 is 3.11 bits per heavy atom. The van der Waals surface area contributed by atoms with Gasteiger partial charge in [0.1, 0.15) is 0 Å². The number of likely N-dealkylation sites (tertiary alicyclic amines) is 1. The molecule has 2 heterocycles. The SMILES string of the molecule is CNC1CCCN(C(=O)/C=C/c2ccnn2C)C1. The first-order valence-electron chi connectivity index (χ1n) is 6.33. The van der Waals surface area contributed by atoms with E-state index in [1.165, 1.54) is 0 Å². The van der Waals surface area contributed by atoms with Crippen molar-refractivity contribution < 1.29 is 4.79 Å². The van der Waals surface area contributed by atoms with Crippen LogP contribution in [0.5, 0.6) is 0 Å². The number of hydrogen-bond donors (Lipinski definition) is 1. The third-order valence-corrected chi connectivity index (χ3v) is 3.40. The summed E-state index contributed by atoms with van der Waals surface area (Å²) in [6.45, 7) is 1.65. The van der Waals surface area contributed by atoms with Crippen molar-refractivity contribution in [3.63, 3.8) is 0 Å². The van der Waals surface area contributed by atoms with Crippen molar-refractivity contribution in [3.8, 4) is 0 Å². The lowest BCUT2D eigenvalue weighted by atomic mass is 10.1. The smallest absolute Gasteiger partial charge is 0.246 e. The van der Waals surface area contributed by atoms with Gasteiger partial charge in [0.25, 0.3) is 0 Å². The maximum absolute atomic E-state index is 12.0. The van der Waals surface area contributed by atoms with E-state index < -0.39 is 0 Å². The minimum atomic E-state index is 0.0798. The second-order valence-electron chi connectivity index (χ2n) is 4.63. The zero-order valence-electron chi connectivity index (χ0n) is 11.0. The molecule has 5 heteroatoms. The fourth-order valence-electron chi connectivity index (χ4n) is 2.22. The first-order chi connectivity index (χ1) is 8.70. The Labute approximate surface area is 107 Å². The second-order valence-corrected chi connectivity index (χ2v) is 4.63. The number of amides is 1. The zero-order valence-corrected chi connectivity index (χ0v) is 11.0. The van der Waals surface area contributed by atoms with Crippen LogP contribution in [-0.4, -0.2) is 46.8 Å². The van der Waals surface area contributed by atoms with Gasteiger partial charge in [0.2, 0.25) is 5.91 Å². The van der Waals surface area contributed by atoms with Crippen molar-refractivity contribution in [2.24, 2.45) is 7.05 Å². The molecule has 1 aromatic rings. The van der Waals surface area contributed by atoms with E-state index in [-0.39, 0.29) is 5.91 Å². The van der Waals surface area contributed by atoms with E-state index >= 15 is 0 Å². The molecule has 1 amide bonds. The van der Waals surface area contributed by atoms with E-state index in [1.54, 1.807) is 17.0 Å². The molecule has 1 N–H and O–H groups in total. The normalized spacial score (nSPS) is 20.6. The molecule has 0 saturated carbocycles. The largest absolute Gasteiger partial charge is 0.338 e. The van der Waals surface area contributed by atoms with Crippen LogP contribution in [0.25, 0.3) is 6.08 Å². The quantitative estimate of drug-likeness (QED) is 0.799. The van der Waals surface area contributed by atoms with Gasteiger partial charge >= 0.3 is 0 Å². The van der Waals surface area contributed by atoms with E-state index in [0.717, 1.165) is 31.6 Å². The molecule has 1 saturated heterocycles. The van der Waals surface area contributed by atoms with Crippen LogP contribution in [-0.2, 0) is 11.8 Å². The summed E-state index contributed by atoms with van der Waals surface area (Å²) in [6, 6.07) is 2.31. The molecule has 0 bridgehead atoms. The number of nitrogens with one attached hydrogen (secondary N) is 1. The van der Waals surface area contributed by atoms with Gasteiger partial charge in [0.05, 0.1) is 5.69 Å². The fraction of sp³-hybridized carbons (Fsp3) is 0.538. The highest BCUT2D eigenvalue weighted by Crippen LogP contribution is 2.10. The fourth-order valence-corrected chi connectivity index (χ4v) is 2.22. The number of piperidine rings is 1. The molecule has 98 valence electrons. The minimum absolute atomic E-state index is 0.0798. The van der Waals surface area contributed by atoms with Crippen molar-refractivity contribution in [2.45, 2.75) is 18.9 Å². The Kier molecular flexibility index (Phi) is 4.15. The third kappa shape index (κ3) is 2.98. The van der Waals surface area contributed by atoms with Gasteiger partial charge in [-0.3, -0.25) is 9.48 Å². The van der Waals surface area contributed by atoms with E-state index in [2.05, 4.69) is 10.4 Å². The predicted molar refractivity (Wildman–Crippen MR) is 70.9 cm³/mol. The molecule has 0 spiro atoms. The summed E-state index contributed by atoms with van der Waals surface area (Å²) < 4.78 is 1.75. The summed E-state index contributed by atoms with van der Waals surface area (Å²) in [7, 11) is 3.81. The number of nitrogens with zero attached hydrogens (tertiary/aromatic N) is 3. The highest BCUT2D eigenvalue weighted by atomic mass is 16.2. The molecule has 1 aromatic heterocycles. The molecule has 1 fully saturated rings. The van der Waals surface area contributed by atoms with E-state index in [0.29, 0.717) is 6.04 Å². The van der Waals surface area contributed by atoms with Crippen molar-refractivity contribution in [2.75, 3.05) is 20.1 Å². The number of aryl methyl sites for hydroxylation is 1. The first kappa shape index (κ1) is 12.8. The number of carbonyl (C=O) groups excluding carboxylic acids is 1. The van der Waals surface area contributed by atoms with Gasteiger partial charge in [0.15, 0.2) is 0 Å². The van der Waals surface area contributed by atoms with Crippen LogP contribution in [0.2, 0.25) is 0 Å². The Balaban J connectivity index is 1.95. The Bertz CT molecular complexity index is 438. The summed E-state index contributed by atoms with van der Waals surface area (Å²) in [4.78, 5) is 13.9. The number of aromatic nitrogens is 2. The van der Waals surface area contributed by atoms with Crippen LogP contribution in [0.4, 0.5) is 0 Å². The van der Waals surface area contributed by atoms with Crippen LogP contribution < -0.4 is 5.32 Å². The maximum atomic E-state index is 12.0. The molecule has 1 aliphatic rings. The average molecular weight is 248 g/mol. The molecule has 18 heavy (non-hydrogen) atoms. The molecule has 1 unspecified atom stereocenters. The first-order valence-corrected chi connectivity index (χ1v) is 6.33. The van der Waals surface area contributed by atoms with Crippen molar-refractivity contribution >= 4 is 12.0 Å². The van der Waals surface area contributed by atoms with Gasteiger partial charge in [-0.15, -0.1) is 0 Å². The topological polar surface area (TPSA) is 50.2 Å². The lowest BCUT2D eigenvalue weighted by Gasteiger charge is -2.31. The summed E-state index contributed by atoms with van der Waals surface area (Å²) in [5.74, 6) is 0.0798. The van der Waals surface area contributed by atoms with Crippen LogP contribution in [0.3, 0.4) is 0 Å². The van der Waals surface area contributed by atoms with Gasteiger partial charge in [-0.05, 0) is 32.0 Å². The highest BCUT2D eigenvalue weighted by Gasteiger charge is 2.20. The van der Waals surface area contributed by atoms with Gasteiger partial charge in [-0.1, -0.05) is 0 Å². The number of rotatable bonds is 3. The standard InChI is InChI=1S/C13H20N4O/c1-14-11-4-3-9-17(10-11)13(18)6-5-12-7-8-15-16(12)2/h5-8,11,14H,3-4,9-10H2,1-2H3/b6-5+. The van der Waals surface area contributed by atoms with Crippen LogP contribution in [0.15, 0.2) is 18.3 Å². The Hall–Kier alpha value is -1.62. The van der Waals surface area contributed by atoms with Crippen molar-refractivity contribution in [1.82, 2.24) is 20.0 Å². The monoisotopic (exact) mass is 248 g/mol. The van der Waals surface area contributed by atoms with Crippen LogP contribution in [0, 0.1) is 0 Å². The molecular weight excluding hydrogens is 228 g/mol.